The summed E-state index contributed by atoms with van der Waals surface area (Å²) in [6.45, 7) is 4.94. The number of halogens is 1. The van der Waals surface area contributed by atoms with Crippen LogP contribution in [0.25, 0.3) is 0 Å². The second-order valence-electron chi connectivity index (χ2n) is 4.78. The molecule has 1 heterocycles. The minimum absolute atomic E-state index is 0.0341. The average Bonchev–Trinajstić information content (AvgIpc) is 2.90. The van der Waals surface area contributed by atoms with Crippen LogP contribution < -0.4 is 11.3 Å². The van der Waals surface area contributed by atoms with Crippen molar-refractivity contribution in [3.63, 3.8) is 0 Å². The van der Waals surface area contributed by atoms with Gasteiger partial charge in [-0.25, -0.2) is 4.39 Å². The summed E-state index contributed by atoms with van der Waals surface area (Å²) in [5.41, 5.74) is 6.00. The van der Waals surface area contributed by atoms with Crippen LogP contribution in [0.4, 0.5) is 4.39 Å². The van der Waals surface area contributed by atoms with E-state index in [0.29, 0.717) is 6.42 Å². The largest absolute Gasteiger partial charge is 0.271 e. The van der Waals surface area contributed by atoms with E-state index >= 15 is 0 Å². The van der Waals surface area contributed by atoms with Gasteiger partial charge in [0.25, 0.3) is 0 Å². The number of hydrogen-bond donors (Lipinski definition) is 2. The Morgan fingerprint density at radius 3 is 2.55 bits per heavy atom. The smallest absolute Gasteiger partial charge is 0.123 e. The van der Waals surface area contributed by atoms with Gasteiger partial charge >= 0.3 is 0 Å². The van der Waals surface area contributed by atoms with Crippen molar-refractivity contribution >= 4 is 0 Å². The number of aryl methyl sites for hydroxylation is 2. The molecule has 0 radical (unpaired) electrons. The quantitative estimate of drug-likeness (QED) is 0.629. The Hall–Kier alpha value is -1.72. The van der Waals surface area contributed by atoms with E-state index in [2.05, 4.69) is 30.4 Å². The van der Waals surface area contributed by atoms with Crippen molar-refractivity contribution in [2.75, 3.05) is 0 Å². The molecular formula is C15H21FN4. The number of aromatic nitrogens is 2. The van der Waals surface area contributed by atoms with E-state index in [-0.39, 0.29) is 11.9 Å². The van der Waals surface area contributed by atoms with E-state index < -0.39 is 0 Å². The van der Waals surface area contributed by atoms with E-state index in [4.69, 9.17) is 5.84 Å². The molecule has 0 amide bonds. The summed E-state index contributed by atoms with van der Waals surface area (Å²) < 4.78 is 14.9. The van der Waals surface area contributed by atoms with Gasteiger partial charge in [-0.1, -0.05) is 19.1 Å². The lowest BCUT2D eigenvalue weighted by atomic mass is 10.0. The van der Waals surface area contributed by atoms with E-state index in [1.165, 1.54) is 12.1 Å². The molecule has 3 N–H and O–H groups in total. The summed E-state index contributed by atoms with van der Waals surface area (Å²) in [5.74, 6) is 5.47. The number of benzene rings is 1. The monoisotopic (exact) mass is 276 g/mol. The third-order valence-electron chi connectivity index (χ3n) is 3.43. The zero-order valence-corrected chi connectivity index (χ0v) is 11.9. The van der Waals surface area contributed by atoms with Crippen LogP contribution >= 0.6 is 0 Å². The number of rotatable bonds is 6. The Labute approximate surface area is 118 Å². The van der Waals surface area contributed by atoms with Crippen LogP contribution in [0.2, 0.25) is 0 Å². The molecule has 5 heteroatoms. The predicted octanol–water partition coefficient (Wildman–Crippen LogP) is 2.35. The van der Waals surface area contributed by atoms with E-state index in [9.17, 15) is 4.39 Å². The van der Waals surface area contributed by atoms with Gasteiger partial charge in [0.2, 0.25) is 0 Å². The van der Waals surface area contributed by atoms with Crippen molar-refractivity contribution in [3.05, 3.63) is 53.1 Å². The van der Waals surface area contributed by atoms with Crippen molar-refractivity contribution < 1.29 is 4.39 Å². The first-order chi connectivity index (χ1) is 9.67. The first-order valence-corrected chi connectivity index (χ1v) is 6.95. The summed E-state index contributed by atoms with van der Waals surface area (Å²) in [6.07, 6.45) is 1.60. The molecule has 1 aromatic carbocycles. The van der Waals surface area contributed by atoms with Gasteiger partial charge in [0.1, 0.15) is 5.82 Å². The van der Waals surface area contributed by atoms with Crippen LogP contribution in [-0.2, 0) is 19.4 Å². The number of nitrogens with one attached hydrogen (secondary N) is 1. The minimum atomic E-state index is -0.224. The van der Waals surface area contributed by atoms with E-state index in [0.717, 1.165) is 29.9 Å². The fourth-order valence-electron chi connectivity index (χ4n) is 2.30. The van der Waals surface area contributed by atoms with Gasteiger partial charge in [0, 0.05) is 6.54 Å². The van der Waals surface area contributed by atoms with Crippen molar-refractivity contribution in [2.45, 2.75) is 39.3 Å². The number of hydrogen-bond acceptors (Lipinski definition) is 3. The topological polar surface area (TPSA) is 55.9 Å². The predicted molar refractivity (Wildman–Crippen MR) is 77.4 cm³/mol. The molecular weight excluding hydrogens is 255 g/mol. The van der Waals surface area contributed by atoms with Gasteiger partial charge in [-0.05, 0) is 43.5 Å². The maximum absolute atomic E-state index is 12.9. The molecule has 108 valence electrons. The summed E-state index contributed by atoms with van der Waals surface area (Å²) >= 11 is 0. The molecule has 20 heavy (non-hydrogen) atoms. The fourth-order valence-corrected chi connectivity index (χ4v) is 2.30. The fraction of sp³-hybridized carbons (Fsp3) is 0.400. The minimum Gasteiger partial charge on any atom is -0.271 e. The molecule has 1 aromatic heterocycles. The van der Waals surface area contributed by atoms with Crippen LogP contribution in [0.3, 0.4) is 0 Å². The highest BCUT2D eigenvalue weighted by Crippen LogP contribution is 2.19. The second-order valence-corrected chi connectivity index (χ2v) is 4.78. The lowest BCUT2D eigenvalue weighted by Gasteiger charge is -2.17. The molecule has 1 unspecified atom stereocenters. The first kappa shape index (κ1) is 14.7. The standard InChI is InChI=1S/C15H21FN4/c1-3-13-10-15(20(4-2)19-13)14(18-17)9-11-5-7-12(16)8-6-11/h5-8,10,14,18H,3-4,9,17H2,1-2H3. The number of nitrogens with zero attached hydrogens (tertiary/aromatic N) is 2. The third-order valence-corrected chi connectivity index (χ3v) is 3.43. The molecule has 2 rings (SSSR count). The Bertz CT molecular complexity index is 548. The second kappa shape index (κ2) is 6.63. The van der Waals surface area contributed by atoms with E-state index in [1.807, 2.05) is 4.68 Å². The van der Waals surface area contributed by atoms with Crippen LogP contribution in [0.15, 0.2) is 30.3 Å². The van der Waals surface area contributed by atoms with Gasteiger partial charge in [0.05, 0.1) is 17.4 Å². The van der Waals surface area contributed by atoms with Crippen LogP contribution in [0.5, 0.6) is 0 Å². The lowest BCUT2D eigenvalue weighted by Crippen LogP contribution is -2.31. The molecule has 0 saturated carbocycles. The molecule has 1 atom stereocenters. The Morgan fingerprint density at radius 1 is 1.30 bits per heavy atom. The molecule has 0 aliphatic heterocycles. The van der Waals surface area contributed by atoms with Gasteiger partial charge < -0.3 is 0 Å². The van der Waals surface area contributed by atoms with Gasteiger partial charge in [-0.3, -0.25) is 16.0 Å². The Kier molecular flexibility index (Phi) is 4.87. The maximum Gasteiger partial charge on any atom is 0.123 e. The average molecular weight is 276 g/mol. The molecule has 0 bridgehead atoms. The molecule has 4 nitrogen and oxygen atoms in total. The summed E-state index contributed by atoms with van der Waals surface area (Å²) in [5, 5.41) is 4.53. The van der Waals surface area contributed by atoms with Gasteiger partial charge in [-0.15, -0.1) is 0 Å². The number of nitrogens with two attached hydrogens (primary N) is 1. The zero-order chi connectivity index (χ0) is 14.5. The molecule has 2 aromatic rings. The molecule has 0 aliphatic rings. The van der Waals surface area contributed by atoms with Gasteiger partial charge in [-0.2, -0.15) is 5.10 Å². The Morgan fingerprint density at radius 2 is 2.00 bits per heavy atom. The van der Waals surface area contributed by atoms with Crippen molar-refractivity contribution in [3.8, 4) is 0 Å². The van der Waals surface area contributed by atoms with Crippen molar-refractivity contribution in [1.82, 2.24) is 15.2 Å². The Balaban J connectivity index is 2.23. The molecule has 0 aliphatic carbocycles. The highest BCUT2D eigenvalue weighted by molar-refractivity contribution is 5.21. The molecule has 0 spiro atoms. The summed E-state index contributed by atoms with van der Waals surface area (Å²) in [4.78, 5) is 0. The summed E-state index contributed by atoms with van der Waals surface area (Å²) in [7, 11) is 0. The van der Waals surface area contributed by atoms with Crippen LogP contribution in [0, 0.1) is 5.82 Å². The van der Waals surface area contributed by atoms with Crippen molar-refractivity contribution in [1.29, 1.82) is 0 Å². The highest BCUT2D eigenvalue weighted by Gasteiger charge is 2.17. The number of hydrazine groups is 1. The van der Waals surface area contributed by atoms with E-state index in [1.54, 1.807) is 12.1 Å². The maximum atomic E-state index is 12.9. The zero-order valence-electron chi connectivity index (χ0n) is 11.9. The van der Waals surface area contributed by atoms with Crippen LogP contribution in [-0.4, -0.2) is 9.78 Å². The lowest BCUT2D eigenvalue weighted by molar-refractivity contribution is 0.489. The SMILES string of the molecule is CCc1cc(C(Cc2ccc(F)cc2)NN)n(CC)n1. The van der Waals surface area contributed by atoms with Gasteiger partial charge in [0.15, 0.2) is 0 Å². The summed E-state index contributed by atoms with van der Waals surface area (Å²) in [6, 6.07) is 8.56. The molecule has 0 fully saturated rings. The normalized spacial score (nSPS) is 12.6. The third kappa shape index (κ3) is 3.23. The van der Waals surface area contributed by atoms with Crippen molar-refractivity contribution in [2.24, 2.45) is 5.84 Å². The molecule has 0 saturated heterocycles. The first-order valence-electron chi connectivity index (χ1n) is 6.95. The highest BCUT2D eigenvalue weighted by atomic mass is 19.1. The van der Waals surface area contributed by atoms with Crippen LogP contribution in [0.1, 0.15) is 36.8 Å².